The van der Waals surface area contributed by atoms with Crippen LogP contribution in [0.4, 0.5) is 0 Å². The minimum Gasteiger partial charge on any atom is -0.412 e. The fraction of sp³-hybridized carbons (Fsp3) is 0.500. The highest BCUT2D eigenvalue weighted by molar-refractivity contribution is 7.52. The van der Waals surface area contributed by atoms with Gasteiger partial charge in [0.2, 0.25) is 0 Å². The maximum Gasteiger partial charge on any atom is 0.332 e. The molecule has 0 amide bonds. The van der Waals surface area contributed by atoms with Crippen LogP contribution in [0.1, 0.15) is 0 Å². The van der Waals surface area contributed by atoms with Gasteiger partial charge < -0.3 is 20.1 Å². The van der Waals surface area contributed by atoms with E-state index in [1.165, 1.54) is 0 Å². The van der Waals surface area contributed by atoms with Crippen LogP contribution in [0.25, 0.3) is 0 Å². The molecular formula is C2H7O5P. The van der Waals surface area contributed by atoms with E-state index in [0.29, 0.717) is 0 Å². The largest absolute Gasteiger partial charge is 0.412 e. The summed E-state index contributed by atoms with van der Waals surface area (Å²) in [6, 6.07) is 0. The molecule has 0 bridgehead atoms. The molecule has 0 radical (unpaired) electrons. The molecule has 0 spiro atoms. The van der Waals surface area contributed by atoms with Gasteiger partial charge in [-0.1, -0.05) is 0 Å². The number of carbonyl (C=O) groups excluding carboxylic acids is 1. The molecule has 6 heteroatoms. The van der Waals surface area contributed by atoms with Crippen LogP contribution in [0, 0.1) is 0 Å². The summed E-state index contributed by atoms with van der Waals surface area (Å²) < 4.78 is 9.69. The molecule has 0 saturated carbocycles. The Labute approximate surface area is 45.8 Å². The highest BCUT2D eigenvalue weighted by atomic mass is 31.2. The summed E-state index contributed by atoms with van der Waals surface area (Å²) in [7, 11) is -4.03. The second kappa shape index (κ2) is 3.74. The standard InChI is InChI=1S/C2H5O4P.H2O/c3-1-2-7(4,5)6;/h1H,2H2,(H2,4,5,6);1H2. The zero-order valence-corrected chi connectivity index (χ0v) is 4.84. The van der Waals surface area contributed by atoms with E-state index in [9.17, 15) is 9.36 Å². The van der Waals surface area contributed by atoms with E-state index >= 15 is 0 Å². The molecule has 5 nitrogen and oxygen atoms in total. The van der Waals surface area contributed by atoms with Gasteiger partial charge in [0.1, 0.15) is 12.4 Å². The molecule has 0 aromatic heterocycles. The molecule has 0 heterocycles. The van der Waals surface area contributed by atoms with Crippen LogP contribution in [0.2, 0.25) is 0 Å². The first kappa shape index (κ1) is 10.7. The molecule has 0 aliphatic rings. The molecule has 0 aromatic carbocycles. The van der Waals surface area contributed by atoms with Crippen molar-refractivity contribution in [2.75, 3.05) is 6.16 Å². The third-order valence-electron chi connectivity index (χ3n) is 0.312. The monoisotopic (exact) mass is 142 g/mol. The lowest BCUT2D eigenvalue weighted by Gasteiger charge is -1.92. The molecule has 8 heavy (non-hydrogen) atoms. The minimum atomic E-state index is -4.03. The quantitative estimate of drug-likeness (QED) is 0.362. The fourth-order valence-electron chi connectivity index (χ4n) is 0.0971. The van der Waals surface area contributed by atoms with Crippen molar-refractivity contribution in [2.24, 2.45) is 0 Å². The summed E-state index contributed by atoms with van der Waals surface area (Å²) in [6.07, 6.45) is -0.478. The molecule has 0 aliphatic carbocycles. The molecular weight excluding hydrogens is 135 g/mol. The minimum absolute atomic E-state index is 0. The first-order chi connectivity index (χ1) is 3.06. The number of carbonyl (C=O) groups is 1. The zero-order valence-electron chi connectivity index (χ0n) is 3.94. The Morgan fingerprint density at radius 1 is 1.50 bits per heavy atom. The van der Waals surface area contributed by atoms with Gasteiger partial charge >= 0.3 is 7.60 Å². The van der Waals surface area contributed by atoms with Crippen molar-refractivity contribution >= 4 is 13.9 Å². The first-order valence-electron chi connectivity index (χ1n) is 1.54. The number of aldehydes is 1. The number of hydrogen-bond donors (Lipinski definition) is 2. The van der Waals surface area contributed by atoms with Crippen molar-refractivity contribution in [3.05, 3.63) is 0 Å². The fourth-order valence-corrected chi connectivity index (χ4v) is 0.291. The van der Waals surface area contributed by atoms with Gasteiger partial charge in [0, 0.05) is 0 Å². The van der Waals surface area contributed by atoms with Gasteiger partial charge in [0.15, 0.2) is 0 Å². The lowest BCUT2D eigenvalue weighted by Crippen LogP contribution is -1.85. The highest BCUT2D eigenvalue weighted by Crippen LogP contribution is 2.31. The maximum atomic E-state index is 9.69. The van der Waals surface area contributed by atoms with Crippen molar-refractivity contribution in [1.82, 2.24) is 0 Å². The summed E-state index contributed by atoms with van der Waals surface area (Å²) in [5.74, 6) is 0. The van der Waals surface area contributed by atoms with Crippen LogP contribution in [0.3, 0.4) is 0 Å². The Bertz CT molecular complexity index is 103. The van der Waals surface area contributed by atoms with Gasteiger partial charge in [-0.3, -0.25) is 4.57 Å². The van der Waals surface area contributed by atoms with Crippen molar-refractivity contribution < 1.29 is 24.6 Å². The smallest absolute Gasteiger partial charge is 0.332 e. The van der Waals surface area contributed by atoms with Gasteiger partial charge in [0.25, 0.3) is 0 Å². The van der Waals surface area contributed by atoms with E-state index in [1.807, 2.05) is 0 Å². The predicted octanol–water partition coefficient (Wildman–Crippen LogP) is -1.46. The van der Waals surface area contributed by atoms with E-state index in [1.54, 1.807) is 0 Å². The van der Waals surface area contributed by atoms with E-state index in [0.717, 1.165) is 0 Å². The SMILES string of the molecule is O.O=CCP(=O)(O)O. The van der Waals surface area contributed by atoms with Crippen LogP contribution in [0.15, 0.2) is 0 Å². The van der Waals surface area contributed by atoms with Crippen molar-refractivity contribution in [2.45, 2.75) is 0 Å². The van der Waals surface area contributed by atoms with Crippen molar-refractivity contribution in [3.63, 3.8) is 0 Å². The van der Waals surface area contributed by atoms with Gasteiger partial charge in [-0.2, -0.15) is 0 Å². The van der Waals surface area contributed by atoms with Crippen LogP contribution < -0.4 is 0 Å². The van der Waals surface area contributed by atoms with Gasteiger partial charge in [-0.05, 0) is 0 Å². The zero-order chi connectivity index (χ0) is 5.91. The lowest BCUT2D eigenvalue weighted by molar-refractivity contribution is -0.106. The third kappa shape index (κ3) is 9.24. The normalized spacial score (nSPS) is 9.75. The molecule has 0 atom stereocenters. The number of hydrogen-bond acceptors (Lipinski definition) is 2. The van der Waals surface area contributed by atoms with Crippen LogP contribution in [-0.4, -0.2) is 27.7 Å². The Balaban J connectivity index is 0. The van der Waals surface area contributed by atoms with Gasteiger partial charge in [-0.15, -0.1) is 0 Å². The summed E-state index contributed by atoms with van der Waals surface area (Å²) in [6.45, 7) is 0. The highest BCUT2D eigenvalue weighted by Gasteiger charge is 2.09. The average Bonchev–Trinajstić information content (AvgIpc) is 1.30. The second-order valence-electron chi connectivity index (χ2n) is 1.01. The first-order valence-corrected chi connectivity index (χ1v) is 3.34. The van der Waals surface area contributed by atoms with E-state index in [-0.39, 0.29) is 11.8 Å². The Morgan fingerprint density at radius 3 is 1.88 bits per heavy atom. The summed E-state index contributed by atoms with van der Waals surface area (Å²) >= 11 is 0. The van der Waals surface area contributed by atoms with E-state index < -0.39 is 13.8 Å². The molecule has 4 N–H and O–H groups in total. The Morgan fingerprint density at radius 2 is 1.88 bits per heavy atom. The Kier molecular flexibility index (Phi) is 5.01. The third-order valence-corrected chi connectivity index (χ3v) is 0.937. The maximum absolute atomic E-state index is 9.69. The van der Waals surface area contributed by atoms with E-state index in [4.69, 9.17) is 9.79 Å². The molecule has 50 valence electrons. The average molecular weight is 142 g/mol. The second-order valence-corrected chi connectivity index (χ2v) is 2.71. The van der Waals surface area contributed by atoms with E-state index in [2.05, 4.69) is 0 Å². The number of rotatable bonds is 2. The van der Waals surface area contributed by atoms with Gasteiger partial charge in [-0.25, -0.2) is 0 Å². The lowest BCUT2D eigenvalue weighted by atomic mass is 10.9. The van der Waals surface area contributed by atoms with Gasteiger partial charge in [0.05, 0.1) is 0 Å². The van der Waals surface area contributed by atoms with Crippen LogP contribution in [0.5, 0.6) is 0 Å². The summed E-state index contributed by atoms with van der Waals surface area (Å²) in [5.41, 5.74) is 0. The molecule has 0 saturated heterocycles. The van der Waals surface area contributed by atoms with Crippen molar-refractivity contribution in [3.8, 4) is 0 Å². The Hall–Kier alpha value is -0.220. The molecule has 0 aromatic rings. The van der Waals surface area contributed by atoms with Crippen LogP contribution in [-0.2, 0) is 9.36 Å². The summed E-state index contributed by atoms with van der Waals surface area (Å²) in [4.78, 5) is 25.1. The summed E-state index contributed by atoms with van der Waals surface area (Å²) in [5, 5.41) is 0. The predicted molar refractivity (Wildman–Crippen MR) is 26.6 cm³/mol. The molecule has 0 fully saturated rings. The molecule has 0 aliphatic heterocycles. The molecule has 0 rings (SSSR count). The van der Waals surface area contributed by atoms with Crippen LogP contribution >= 0.6 is 7.60 Å². The van der Waals surface area contributed by atoms with Crippen molar-refractivity contribution in [1.29, 1.82) is 0 Å². The molecule has 0 unspecified atom stereocenters. The topological polar surface area (TPSA) is 106 Å².